The van der Waals surface area contributed by atoms with Gasteiger partial charge in [0.2, 0.25) is 5.91 Å². The van der Waals surface area contributed by atoms with Crippen LogP contribution in [0.5, 0.6) is 0 Å². The molecule has 0 unspecified atom stereocenters. The maximum Gasteiger partial charge on any atom is 0.418 e. The van der Waals surface area contributed by atoms with E-state index in [0.29, 0.717) is 12.6 Å². The number of benzene rings is 1. The van der Waals surface area contributed by atoms with E-state index in [-0.39, 0.29) is 44.0 Å². The third kappa shape index (κ3) is 4.81. The van der Waals surface area contributed by atoms with E-state index in [4.69, 9.17) is 0 Å². The Balaban J connectivity index is 2.26. The average Bonchev–Trinajstić information content (AvgIpc) is 2.98. The Morgan fingerprint density at radius 2 is 1.81 bits per heavy atom. The lowest BCUT2D eigenvalue weighted by atomic mass is 10.1. The van der Waals surface area contributed by atoms with Gasteiger partial charge in [-0.2, -0.15) is 31.2 Å². The van der Waals surface area contributed by atoms with Crippen molar-refractivity contribution in [3.63, 3.8) is 0 Å². The number of nitrogens with zero attached hydrogens (tertiary/aromatic N) is 4. The van der Waals surface area contributed by atoms with Gasteiger partial charge in [0.05, 0.1) is 36.3 Å². The Bertz CT molecular complexity index is 1010. The number of alkyl halides is 6. The van der Waals surface area contributed by atoms with Crippen molar-refractivity contribution in [1.29, 1.82) is 0 Å². The van der Waals surface area contributed by atoms with Crippen LogP contribution in [0.25, 0.3) is 11.0 Å². The lowest BCUT2D eigenvalue weighted by Crippen LogP contribution is -2.47. The minimum atomic E-state index is -5.10. The third-order valence-electron chi connectivity index (χ3n) is 4.88. The molecule has 0 atom stereocenters. The number of rotatable bonds is 5. The van der Waals surface area contributed by atoms with Crippen molar-refractivity contribution in [3.05, 3.63) is 34.0 Å². The molecule has 170 valence electrons. The van der Waals surface area contributed by atoms with Gasteiger partial charge in [-0.05, 0) is 26.0 Å². The fraction of sp³-hybridized carbons (Fsp3) is 0.556. The summed E-state index contributed by atoms with van der Waals surface area (Å²) in [5.74, 6) is -0.392. The molecule has 0 aliphatic carbocycles. The quantitative estimate of drug-likeness (QED) is 0.557. The highest BCUT2D eigenvalue weighted by Gasteiger charge is 2.40. The second-order valence-corrected chi connectivity index (χ2v) is 7.90. The minimum absolute atomic E-state index is 0.0164. The zero-order chi connectivity index (χ0) is 23.2. The molecule has 0 spiro atoms. The van der Waals surface area contributed by atoms with Crippen molar-refractivity contribution in [2.45, 2.75) is 44.8 Å². The molecule has 1 amide bonds. The summed E-state index contributed by atoms with van der Waals surface area (Å²) in [6.45, 7) is 2.96. The van der Waals surface area contributed by atoms with E-state index in [1.165, 1.54) is 18.7 Å². The van der Waals surface area contributed by atoms with E-state index in [2.05, 4.69) is 15.5 Å². The zero-order valence-corrected chi connectivity index (χ0v) is 16.6. The van der Waals surface area contributed by atoms with Gasteiger partial charge in [-0.15, -0.1) is 0 Å². The van der Waals surface area contributed by atoms with Crippen LogP contribution in [0, 0.1) is 4.91 Å². The summed E-state index contributed by atoms with van der Waals surface area (Å²) in [5, 5.41) is 5.76. The van der Waals surface area contributed by atoms with E-state index in [1.807, 2.05) is 0 Å². The number of fused-ring (bicyclic) bond motifs is 1. The molecule has 2 aromatic rings. The second-order valence-electron chi connectivity index (χ2n) is 7.90. The molecule has 3 rings (SSSR count). The van der Waals surface area contributed by atoms with Crippen LogP contribution in [0.2, 0.25) is 0 Å². The van der Waals surface area contributed by atoms with Gasteiger partial charge in [-0.1, -0.05) is 5.18 Å². The van der Waals surface area contributed by atoms with Gasteiger partial charge < -0.3 is 14.8 Å². The van der Waals surface area contributed by atoms with Crippen LogP contribution in [-0.2, 0) is 30.2 Å². The summed E-state index contributed by atoms with van der Waals surface area (Å²) < 4.78 is 81.9. The number of hydrogen-bond donors (Lipinski definition) is 1. The van der Waals surface area contributed by atoms with Crippen molar-refractivity contribution in [2.24, 2.45) is 5.18 Å². The number of halogens is 6. The molecule has 7 nitrogen and oxygen atoms in total. The molecule has 1 aliphatic rings. The van der Waals surface area contributed by atoms with Crippen LogP contribution >= 0.6 is 0 Å². The monoisotopic (exact) mass is 451 g/mol. The molecule has 13 heteroatoms. The lowest BCUT2D eigenvalue weighted by Gasteiger charge is -2.28. The molecule has 1 aromatic heterocycles. The average molecular weight is 451 g/mol. The number of nitroso groups, excluding NO2 is 1. The molecule has 1 N–H and O–H groups in total. The molecule has 1 fully saturated rings. The van der Waals surface area contributed by atoms with Crippen molar-refractivity contribution < 1.29 is 31.1 Å². The van der Waals surface area contributed by atoms with Gasteiger partial charge in [-0.3, -0.25) is 4.79 Å². The normalized spacial score (nSPS) is 16.3. The van der Waals surface area contributed by atoms with Crippen LogP contribution in [0.1, 0.15) is 30.8 Å². The van der Waals surface area contributed by atoms with Crippen molar-refractivity contribution >= 4 is 16.9 Å². The Morgan fingerprint density at radius 1 is 1.13 bits per heavy atom. The number of imidazole rings is 1. The molecule has 1 saturated heterocycles. The molecular weight excluding hydrogens is 432 g/mol. The predicted octanol–water partition coefficient (Wildman–Crippen LogP) is 3.55. The van der Waals surface area contributed by atoms with Crippen LogP contribution in [0.3, 0.4) is 0 Å². The van der Waals surface area contributed by atoms with Gasteiger partial charge in [0.15, 0.2) is 0 Å². The zero-order valence-electron chi connectivity index (χ0n) is 16.6. The maximum atomic E-state index is 13.6. The summed E-state index contributed by atoms with van der Waals surface area (Å²) in [7, 11) is 0. The van der Waals surface area contributed by atoms with E-state index in [0.717, 1.165) is 4.57 Å². The van der Waals surface area contributed by atoms with E-state index in [9.17, 15) is 36.0 Å². The number of hydrogen-bond acceptors (Lipinski definition) is 5. The largest absolute Gasteiger partial charge is 0.418 e. The van der Waals surface area contributed by atoms with Crippen LogP contribution < -0.4 is 5.32 Å². The smallest absolute Gasteiger partial charge is 0.333 e. The lowest BCUT2D eigenvalue weighted by molar-refractivity contribution is -0.142. The van der Waals surface area contributed by atoms with Crippen molar-refractivity contribution in [2.75, 3.05) is 19.6 Å². The molecule has 0 bridgehead atoms. The Kier molecular flexibility index (Phi) is 5.76. The molecular formula is C18H19F6N5O2. The number of aromatic nitrogens is 2. The first-order valence-corrected chi connectivity index (χ1v) is 9.23. The van der Waals surface area contributed by atoms with Gasteiger partial charge in [-0.25, -0.2) is 4.98 Å². The molecule has 0 radical (unpaired) electrons. The highest BCUT2D eigenvalue weighted by molar-refractivity contribution is 5.82. The van der Waals surface area contributed by atoms with E-state index in [1.54, 1.807) is 0 Å². The summed E-state index contributed by atoms with van der Waals surface area (Å²) in [6.07, 6.45) is -10.1. The first-order valence-electron chi connectivity index (χ1n) is 9.23. The summed E-state index contributed by atoms with van der Waals surface area (Å²) in [6, 6.07) is 0.587. The van der Waals surface area contributed by atoms with Crippen molar-refractivity contribution in [1.82, 2.24) is 19.8 Å². The second kappa shape index (κ2) is 7.77. The third-order valence-corrected chi connectivity index (χ3v) is 4.88. The molecule has 1 aromatic carbocycles. The molecule has 31 heavy (non-hydrogen) atoms. The number of nitrogens with one attached hydrogen (secondary N) is 1. The highest BCUT2D eigenvalue weighted by Crippen LogP contribution is 2.40. The highest BCUT2D eigenvalue weighted by atomic mass is 19.4. The number of piperazine rings is 1. The summed E-state index contributed by atoms with van der Waals surface area (Å²) >= 11 is 0. The number of carbonyl (C=O) groups is 1. The van der Waals surface area contributed by atoms with Crippen LogP contribution in [0.4, 0.5) is 26.3 Å². The Hall–Kier alpha value is -2.70. The SMILES string of the molecule is CC(C)(Cn1c(CN2CCNCC2=O)nc2c(C(F)(F)F)cc(C(F)(F)F)cc21)N=O. The van der Waals surface area contributed by atoms with E-state index >= 15 is 0 Å². The maximum absolute atomic E-state index is 13.6. The fourth-order valence-corrected chi connectivity index (χ4v) is 3.35. The first-order chi connectivity index (χ1) is 14.2. The van der Waals surface area contributed by atoms with Gasteiger partial charge in [0.1, 0.15) is 16.9 Å². The van der Waals surface area contributed by atoms with Gasteiger partial charge in [0.25, 0.3) is 0 Å². The minimum Gasteiger partial charge on any atom is -0.333 e. The predicted molar refractivity (Wildman–Crippen MR) is 97.9 cm³/mol. The van der Waals surface area contributed by atoms with E-state index < -0.39 is 40.1 Å². The summed E-state index contributed by atoms with van der Waals surface area (Å²) in [4.78, 5) is 28.6. The summed E-state index contributed by atoms with van der Waals surface area (Å²) in [5.41, 5.74) is -5.49. The first kappa shape index (κ1) is 23.0. The molecule has 2 heterocycles. The molecule has 0 saturated carbocycles. The standard InChI is InChI=1S/C18H19F6N5O2/c1-16(2,27-31)9-29-12-6-10(17(19,20)21)5-11(18(22,23)24)15(12)26-13(29)8-28-4-3-25-7-14(28)30/h5-6,25H,3-4,7-9H2,1-2H3. The van der Waals surface area contributed by atoms with Gasteiger partial charge in [0, 0.05) is 13.1 Å². The Labute approximate surface area is 172 Å². The molecule has 1 aliphatic heterocycles. The van der Waals surface area contributed by atoms with Crippen molar-refractivity contribution in [3.8, 4) is 0 Å². The van der Waals surface area contributed by atoms with Crippen LogP contribution in [0.15, 0.2) is 17.3 Å². The van der Waals surface area contributed by atoms with Gasteiger partial charge >= 0.3 is 12.4 Å². The topological polar surface area (TPSA) is 79.6 Å². The fourth-order valence-electron chi connectivity index (χ4n) is 3.35. The Morgan fingerprint density at radius 3 is 2.35 bits per heavy atom. The van der Waals surface area contributed by atoms with Crippen LogP contribution in [-0.4, -0.2) is 45.5 Å². The number of amides is 1. The number of carbonyl (C=O) groups excluding carboxylic acids is 1.